The van der Waals surface area contributed by atoms with E-state index in [4.69, 9.17) is 0 Å². The van der Waals surface area contributed by atoms with E-state index in [1.807, 2.05) is 17.9 Å². The summed E-state index contributed by atoms with van der Waals surface area (Å²) in [6.07, 6.45) is 1.88. The summed E-state index contributed by atoms with van der Waals surface area (Å²) in [4.78, 5) is 2.47. The molecule has 4 nitrogen and oxygen atoms in total. The summed E-state index contributed by atoms with van der Waals surface area (Å²) in [5.41, 5.74) is 1.28. The van der Waals surface area contributed by atoms with Crippen molar-refractivity contribution in [2.24, 2.45) is 7.05 Å². The Morgan fingerprint density at radius 2 is 2.41 bits per heavy atom. The van der Waals surface area contributed by atoms with E-state index in [1.165, 1.54) is 23.7 Å². The molecule has 0 spiro atoms. The minimum absolute atomic E-state index is 0.380. The Bertz CT molecular complexity index is 352. The van der Waals surface area contributed by atoms with E-state index >= 15 is 0 Å². The van der Waals surface area contributed by atoms with Gasteiger partial charge in [0.15, 0.2) is 0 Å². The van der Waals surface area contributed by atoms with Crippen molar-refractivity contribution in [3.8, 4) is 0 Å². The van der Waals surface area contributed by atoms with Gasteiger partial charge in [0, 0.05) is 37.3 Å². The monoisotopic (exact) mass is 254 g/mol. The van der Waals surface area contributed by atoms with Crippen LogP contribution in [0.2, 0.25) is 0 Å². The molecule has 96 valence electrons. The maximum Gasteiger partial charge on any atom is 0.0657 e. The van der Waals surface area contributed by atoms with Crippen LogP contribution < -0.4 is 5.32 Å². The summed E-state index contributed by atoms with van der Waals surface area (Å²) in [6.45, 7) is 4.33. The van der Waals surface area contributed by atoms with Gasteiger partial charge in [0.25, 0.3) is 0 Å². The topological polar surface area (TPSA) is 33.1 Å². The molecule has 5 heteroatoms. The average Bonchev–Trinajstić information content (AvgIpc) is 2.74. The number of likely N-dealkylation sites (N-methyl/N-ethyl adjacent to an activating group) is 2. The van der Waals surface area contributed by atoms with Crippen LogP contribution in [0.25, 0.3) is 0 Å². The summed E-state index contributed by atoms with van der Waals surface area (Å²) >= 11 is 2.05. The van der Waals surface area contributed by atoms with Crippen LogP contribution in [0.4, 0.5) is 0 Å². The molecule has 0 radical (unpaired) electrons. The Labute approximate surface area is 108 Å². The summed E-state index contributed by atoms with van der Waals surface area (Å²) in [5, 5.41) is 7.90. The Hall–Kier alpha value is -0.520. The average molecular weight is 254 g/mol. The van der Waals surface area contributed by atoms with E-state index in [-0.39, 0.29) is 0 Å². The van der Waals surface area contributed by atoms with Crippen molar-refractivity contribution in [3.63, 3.8) is 0 Å². The summed E-state index contributed by atoms with van der Waals surface area (Å²) in [5.74, 6) is 2.44. The SMILES string of the molecule is CCNC(c1ccnn1C)C1CSCCN1C. The molecule has 0 amide bonds. The standard InChI is InChI=1S/C12H22N4S/c1-4-13-12(10-5-6-14-16(10)3)11-9-17-8-7-15(11)2/h5-6,11-13H,4,7-9H2,1-3H3. The largest absolute Gasteiger partial charge is 0.308 e. The summed E-state index contributed by atoms with van der Waals surface area (Å²) in [7, 11) is 4.25. The molecule has 0 aliphatic carbocycles. The molecular weight excluding hydrogens is 232 g/mol. The van der Waals surface area contributed by atoms with Crippen molar-refractivity contribution in [2.45, 2.75) is 19.0 Å². The minimum Gasteiger partial charge on any atom is -0.308 e. The lowest BCUT2D eigenvalue weighted by atomic mass is 10.0. The number of rotatable bonds is 4. The second-order valence-electron chi connectivity index (χ2n) is 4.54. The quantitative estimate of drug-likeness (QED) is 0.873. The van der Waals surface area contributed by atoms with Gasteiger partial charge in [-0.3, -0.25) is 9.58 Å². The molecule has 2 heterocycles. The number of nitrogens with zero attached hydrogens (tertiary/aromatic N) is 3. The Morgan fingerprint density at radius 3 is 3.00 bits per heavy atom. The zero-order valence-corrected chi connectivity index (χ0v) is 11.7. The lowest BCUT2D eigenvalue weighted by Gasteiger charge is -2.38. The molecule has 0 saturated carbocycles. The van der Waals surface area contributed by atoms with Gasteiger partial charge in [-0.25, -0.2) is 0 Å². The number of aryl methyl sites for hydroxylation is 1. The molecule has 1 aliphatic rings. The van der Waals surface area contributed by atoms with Crippen molar-refractivity contribution < 1.29 is 0 Å². The molecular formula is C12H22N4S. The van der Waals surface area contributed by atoms with E-state index in [2.05, 4.69) is 47.1 Å². The summed E-state index contributed by atoms with van der Waals surface area (Å²) in [6, 6.07) is 3.06. The number of hydrogen-bond donors (Lipinski definition) is 1. The zero-order chi connectivity index (χ0) is 12.3. The number of aromatic nitrogens is 2. The van der Waals surface area contributed by atoms with E-state index in [9.17, 15) is 0 Å². The Morgan fingerprint density at radius 1 is 1.59 bits per heavy atom. The molecule has 1 saturated heterocycles. The highest BCUT2D eigenvalue weighted by Gasteiger charge is 2.30. The maximum atomic E-state index is 4.29. The molecule has 2 atom stereocenters. The number of nitrogens with one attached hydrogen (secondary N) is 1. The van der Waals surface area contributed by atoms with Gasteiger partial charge < -0.3 is 5.32 Å². The van der Waals surface area contributed by atoms with Gasteiger partial charge in [-0.05, 0) is 19.7 Å². The van der Waals surface area contributed by atoms with E-state index in [0.717, 1.165) is 6.54 Å². The van der Waals surface area contributed by atoms with Gasteiger partial charge in [0.05, 0.1) is 11.7 Å². The molecule has 1 N–H and O–H groups in total. The first-order valence-electron chi connectivity index (χ1n) is 6.23. The van der Waals surface area contributed by atoms with Gasteiger partial charge in [-0.1, -0.05) is 6.92 Å². The van der Waals surface area contributed by atoms with Crippen LogP contribution in [0, 0.1) is 0 Å². The second kappa shape index (κ2) is 5.89. The van der Waals surface area contributed by atoms with E-state index < -0.39 is 0 Å². The highest BCUT2D eigenvalue weighted by molar-refractivity contribution is 7.99. The van der Waals surface area contributed by atoms with E-state index in [0.29, 0.717) is 12.1 Å². The lowest BCUT2D eigenvalue weighted by Crippen LogP contribution is -2.48. The van der Waals surface area contributed by atoms with Crippen LogP contribution in [-0.2, 0) is 7.05 Å². The van der Waals surface area contributed by atoms with Crippen LogP contribution in [0.15, 0.2) is 12.3 Å². The first-order chi connectivity index (χ1) is 8.24. The van der Waals surface area contributed by atoms with Gasteiger partial charge in [0.1, 0.15) is 0 Å². The smallest absolute Gasteiger partial charge is 0.0657 e. The van der Waals surface area contributed by atoms with Crippen molar-refractivity contribution in [2.75, 3.05) is 31.6 Å². The van der Waals surface area contributed by atoms with Crippen LogP contribution in [-0.4, -0.2) is 52.4 Å². The van der Waals surface area contributed by atoms with Crippen molar-refractivity contribution in [1.29, 1.82) is 0 Å². The molecule has 17 heavy (non-hydrogen) atoms. The molecule has 1 aliphatic heterocycles. The third-order valence-corrected chi connectivity index (χ3v) is 4.48. The Balaban J connectivity index is 2.19. The second-order valence-corrected chi connectivity index (χ2v) is 5.69. The van der Waals surface area contributed by atoms with Gasteiger partial charge in [-0.15, -0.1) is 0 Å². The third kappa shape index (κ3) is 2.84. The Kier molecular flexibility index (Phi) is 4.48. The zero-order valence-electron chi connectivity index (χ0n) is 10.9. The molecule has 1 aromatic rings. The number of hydrogen-bond acceptors (Lipinski definition) is 4. The highest BCUT2D eigenvalue weighted by atomic mass is 32.2. The number of thioether (sulfide) groups is 1. The minimum atomic E-state index is 0.380. The lowest BCUT2D eigenvalue weighted by molar-refractivity contribution is 0.212. The first kappa shape index (κ1) is 12.9. The van der Waals surface area contributed by atoms with E-state index in [1.54, 1.807) is 0 Å². The fourth-order valence-electron chi connectivity index (χ4n) is 2.40. The molecule has 0 aromatic carbocycles. The van der Waals surface area contributed by atoms with Gasteiger partial charge in [0.2, 0.25) is 0 Å². The predicted molar refractivity (Wildman–Crippen MR) is 73.4 cm³/mol. The normalized spacial score (nSPS) is 23.8. The predicted octanol–water partition coefficient (Wildman–Crippen LogP) is 1.12. The first-order valence-corrected chi connectivity index (χ1v) is 7.38. The van der Waals surface area contributed by atoms with Gasteiger partial charge in [-0.2, -0.15) is 16.9 Å². The molecule has 1 fully saturated rings. The van der Waals surface area contributed by atoms with Crippen molar-refractivity contribution >= 4 is 11.8 Å². The van der Waals surface area contributed by atoms with Crippen molar-refractivity contribution in [3.05, 3.63) is 18.0 Å². The molecule has 2 rings (SSSR count). The highest BCUT2D eigenvalue weighted by Crippen LogP contribution is 2.26. The fraction of sp³-hybridized carbons (Fsp3) is 0.750. The molecule has 1 aromatic heterocycles. The van der Waals surface area contributed by atoms with Crippen LogP contribution in [0.1, 0.15) is 18.7 Å². The van der Waals surface area contributed by atoms with Crippen LogP contribution in [0.5, 0.6) is 0 Å². The maximum absolute atomic E-state index is 4.29. The van der Waals surface area contributed by atoms with Crippen molar-refractivity contribution in [1.82, 2.24) is 20.0 Å². The third-order valence-electron chi connectivity index (χ3n) is 3.43. The fourth-order valence-corrected chi connectivity index (χ4v) is 3.68. The molecule has 0 bridgehead atoms. The van der Waals surface area contributed by atoms with Gasteiger partial charge >= 0.3 is 0 Å². The van der Waals surface area contributed by atoms with Crippen LogP contribution >= 0.6 is 11.8 Å². The van der Waals surface area contributed by atoms with Crippen LogP contribution in [0.3, 0.4) is 0 Å². The molecule has 2 unspecified atom stereocenters. The summed E-state index contributed by atoms with van der Waals surface area (Å²) < 4.78 is 1.99.